The summed E-state index contributed by atoms with van der Waals surface area (Å²) in [4.78, 5) is 39.7. The standard InChI is InChI=1S/C27H28N6O4.C2H6/c28-24(17-30-29)27(36)32-22-9-3-19(4-10-22)25(34)18-1-7-21(8-2-18)31-26(35)20-5-11-23(12-6-20)33-13-15-37-16-14-33;1-2/h1-12,17,30H,13-16,28-29H2,(H,31,35)(H,32,36);1-2H3/b24-17-;. The second kappa shape index (κ2) is 14.3. The molecule has 10 nitrogen and oxygen atoms in total. The van der Waals surface area contributed by atoms with Gasteiger partial charge in [-0.1, -0.05) is 13.8 Å². The molecule has 39 heavy (non-hydrogen) atoms. The van der Waals surface area contributed by atoms with Gasteiger partial charge in [-0.2, -0.15) is 0 Å². The molecular formula is C29H34N6O4. The number of ether oxygens (including phenoxy) is 1. The molecule has 0 aliphatic carbocycles. The lowest BCUT2D eigenvalue weighted by Gasteiger charge is -2.28. The zero-order valence-corrected chi connectivity index (χ0v) is 22.1. The molecule has 3 aromatic rings. The maximum Gasteiger partial charge on any atom is 0.273 e. The molecule has 7 N–H and O–H groups in total. The summed E-state index contributed by atoms with van der Waals surface area (Å²) >= 11 is 0. The third-order valence-corrected chi connectivity index (χ3v) is 5.82. The van der Waals surface area contributed by atoms with E-state index in [-0.39, 0.29) is 17.4 Å². The predicted molar refractivity (Wildman–Crippen MR) is 153 cm³/mol. The van der Waals surface area contributed by atoms with Gasteiger partial charge in [-0.25, -0.2) is 0 Å². The molecule has 1 aliphatic rings. The molecule has 0 unspecified atom stereocenters. The molecule has 1 heterocycles. The number of hydrogen-bond donors (Lipinski definition) is 5. The maximum atomic E-state index is 12.9. The van der Waals surface area contributed by atoms with E-state index in [2.05, 4.69) is 21.0 Å². The molecule has 0 spiro atoms. The van der Waals surface area contributed by atoms with Crippen LogP contribution in [0.3, 0.4) is 0 Å². The minimum Gasteiger partial charge on any atom is -0.393 e. The number of nitrogens with zero attached hydrogens (tertiary/aromatic N) is 1. The zero-order chi connectivity index (χ0) is 28.2. The Balaban J connectivity index is 0.00000205. The number of carbonyl (C=O) groups is 3. The second-order valence-electron chi connectivity index (χ2n) is 8.30. The predicted octanol–water partition coefficient (Wildman–Crippen LogP) is 3.23. The van der Waals surface area contributed by atoms with Crippen molar-refractivity contribution in [1.82, 2.24) is 5.43 Å². The van der Waals surface area contributed by atoms with E-state index in [0.29, 0.717) is 41.3 Å². The second-order valence-corrected chi connectivity index (χ2v) is 8.30. The van der Waals surface area contributed by atoms with Gasteiger partial charge in [0, 0.05) is 53.0 Å². The van der Waals surface area contributed by atoms with Crippen LogP contribution in [0.5, 0.6) is 0 Å². The number of hydrogen-bond acceptors (Lipinski definition) is 8. The van der Waals surface area contributed by atoms with Gasteiger partial charge in [-0.05, 0) is 72.8 Å². The average Bonchev–Trinajstić information content (AvgIpc) is 2.99. The number of amides is 2. The Labute approximate surface area is 228 Å². The number of benzene rings is 3. The Hall–Kier alpha value is -4.67. The smallest absolute Gasteiger partial charge is 0.273 e. The van der Waals surface area contributed by atoms with E-state index in [1.165, 1.54) is 6.20 Å². The largest absolute Gasteiger partial charge is 0.393 e. The highest BCUT2D eigenvalue weighted by atomic mass is 16.5. The molecule has 3 aromatic carbocycles. The first-order chi connectivity index (χ1) is 18.9. The van der Waals surface area contributed by atoms with Crippen LogP contribution in [-0.2, 0) is 9.53 Å². The molecule has 4 rings (SSSR count). The van der Waals surface area contributed by atoms with Crippen molar-refractivity contribution in [2.24, 2.45) is 11.6 Å². The van der Waals surface area contributed by atoms with Crippen LogP contribution < -0.4 is 32.5 Å². The minimum atomic E-state index is -0.525. The summed E-state index contributed by atoms with van der Waals surface area (Å²) in [6, 6.07) is 20.5. The number of nitrogens with two attached hydrogens (primary N) is 2. The van der Waals surface area contributed by atoms with Gasteiger partial charge >= 0.3 is 0 Å². The van der Waals surface area contributed by atoms with Crippen molar-refractivity contribution in [3.05, 3.63) is 101 Å². The Morgan fingerprint density at radius 2 is 1.26 bits per heavy atom. The van der Waals surface area contributed by atoms with Crippen molar-refractivity contribution >= 4 is 34.7 Å². The fraction of sp³-hybridized carbons (Fsp3) is 0.207. The van der Waals surface area contributed by atoms with Crippen molar-refractivity contribution in [3.8, 4) is 0 Å². The first-order valence-corrected chi connectivity index (χ1v) is 12.7. The van der Waals surface area contributed by atoms with Gasteiger partial charge in [0.1, 0.15) is 5.70 Å². The van der Waals surface area contributed by atoms with E-state index in [1.54, 1.807) is 60.7 Å². The Morgan fingerprint density at radius 3 is 1.77 bits per heavy atom. The molecule has 0 saturated carbocycles. The molecule has 1 aliphatic heterocycles. The highest BCUT2D eigenvalue weighted by molar-refractivity contribution is 6.10. The van der Waals surface area contributed by atoms with Crippen molar-refractivity contribution in [3.63, 3.8) is 0 Å². The molecule has 0 atom stereocenters. The lowest BCUT2D eigenvalue weighted by Crippen LogP contribution is -2.36. The van der Waals surface area contributed by atoms with E-state index < -0.39 is 5.91 Å². The van der Waals surface area contributed by atoms with Gasteiger partial charge in [0.05, 0.1) is 13.2 Å². The molecule has 204 valence electrons. The van der Waals surface area contributed by atoms with Crippen molar-refractivity contribution in [2.75, 3.05) is 41.8 Å². The zero-order valence-electron chi connectivity index (χ0n) is 22.1. The van der Waals surface area contributed by atoms with E-state index in [9.17, 15) is 14.4 Å². The normalized spacial score (nSPS) is 13.0. The average molecular weight is 531 g/mol. The summed E-state index contributed by atoms with van der Waals surface area (Å²) in [6.07, 6.45) is 1.17. The fourth-order valence-electron chi connectivity index (χ4n) is 3.78. The molecule has 2 amide bonds. The van der Waals surface area contributed by atoms with Crippen LogP contribution in [0, 0.1) is 0 Å². The lowest BCUT2D eigenvalue weighted by atomic mass is 10.0. The van der Waals surface area contributed by atoms with E-state index in [1.807, 2.05) is 26.0 Å². The first kappa shape index (κ1) is 28.9. The van der Waals surface area contributed by atoms with E-state index in [0.717, 1.165) is 18.8 Å². The number of morpholine rings is 1. The highest BCUT2D eigenvalue weighted by Crippen LogP contribution is 2.19. The Morgan fingerprint density at radius 1 is 0.769 bits per heavy atom. The minimum absolute atomic E-state index is 0.0835. The van der Waals surface area contributed by atoms with Crippen LogP contribution in [0.4, 0.5) is 17.1 Å². The van der Waals surface area contributed by atoms with Crippen LogP contribution in [0.2, 0.25) is 0 Å². The van der Waals surface area contributed by atoms with Crippen LogP contribution >= 0.6 is 0 Å². The monoisotopic (exact) mass is 530 g/mol. The number of carbonyl (C=O) groups excluding carboxylic acids is 3. The molecule has 0 bridgehead atoms. The van der Waals surface area contributed by atoms with Crippen LogP contribution in [0.15, 0.2) is 84.7 Å². The van der Waals surface area contributed by atoms with Crippen LogP contribution in [0.25, 0.3) is 0 Å². The van der Waals surface area contributed by atoms with Gasteiger partial charge in [0.15, 0.2) is 5.78 Å². The van der Waals surface area contributed by atoms with Gasteiger partial charge in [-0.15, -0.1) is 0 Å². The fourth-order valence-corrected chi connectivity index (χ4v) is 3.78. The quantitative estimate of drug-likeness (QED) is 0.129. The number of rotatable bonds is 8. The van der Waals surface area contributed by atoms with Crippen LogP contribution in [0.1, 0.15) is 40.1 Å². The third-order valence-electron chi connectivity index (χ3n) is 5.82. The SMILES string of the molecule is CC.NN/C=C(\N)C(=O)Nc1ccc(C(=O)c2ccc(NC(=O)c3ccc(N4CCOCC4)cc3)cc2)cc1. The Kier molecular flexibility index (Phi) is 10.6. The highest BCUT2D eigenvalue weighted by Gasteiger charge is 2.14. The molecule has 10 heteroatoms. The van der Waals surface area contributed by atoms with Gasteiger partial charge < -0.3 is 31.4 Å². The summed E-state index contributed by atoms with van der Waals surface area (Å²) in [7, 11) is 0. The molecule has 0 radical (unpaired) electrons. The van der Waals surface area contributed by atoms with Crippen molar-refractivity contribution < 1.29 is 19.1 Å². The summed E-state index contributed by atoms with van der Waals surface area (Å²) in [5, 5.41) is 5.46. The molecule has 0 aromatic heterocycles. The summed E-state index contributed by atoms with van der Waals surface area (Å²) in [5.74, 6) is 4.16. The number of ketones is 1. The molecular weight excluding hydrogens is 496 g/mol. The number of anilines is 3. The van der Waals surface area contributed by atoms with E-state index in [4.69, 9.17) is 16.3 Å². The maximum absolute atomic E-state index is 12.9. The third kappa shape index (κ3) is 7.91. The number of nitrogens with one attached hydrogen (secondary N) is 3. The summed E-state index contributed by atoms with van der Waals surface area (Å²) < 4.78 is 5.38. The number of hydrazine groups is 1. The van der Waals surface area contributed by atoms with Gasteiger partial charge in [0.25, 0.3) is 11.8 Å². The summed E-state index contributed by atoms with van der Waals surface area (Å²) in [6.45, 7) is 7.06. The topological polar surface area (TPSA) is 152 Å². The lowest BCUT2D eigenvalue weighted by molar-refractivity contribution is -0.112. The first-order valence-electron chi connectivity index (χ1n) is 12.7. The van der Waals surface area contributed by atoms with Gasteiger partial charge in [0.2, 0.25) is 0 Å². The van der Waals surface area contributed by atoms with Crippen molar-refractivity contribution in [1.29, 1.82) is 0 Å². The van der Waals surface area contributed by atoms with E-state index >= 15 is 0 Å². The van der Waals surface area contributed by atoms with Crippen molar-refractivity contribution in [2.45, 2.75) is 13.8 Å². The van der Waals surface area contributed by atoms with Gasteiger partial charge in [-0.3, -0.25) is 20.2 Å². The molecule has 1 saturated heterocycles. The van der Waals surface area contributed by atoms with Crippen LogP contribution in [-0.4, -0.2) is 43.9 Å². The molecule has 1 fully saturated rings. The summed E-state index contributed by atoms with van der Waals surface area (Å²) in [5.41, 5.74) is 11.2. The Bertz CT molecular complexity index is 1280.